The van der Waals surface area contributed by atoms with Crippen LogP contribution in [0.4, 0.5) is 0 Å². The summed E-state index contributed by atoms with van der Waals surface area (Å²) in [5.74, 6) is -0.110. The minimum atomic E-state index is -0.347. The number of carbonyl (C=O) groups is 3. The van der Waals surface area contributed by atoms with Gasteiger partial charge in [0.1, 0.15) is 5.75 Å². The molecule has 1 N–H and O–H groups in total. The highest BCUT2D eigenvalue weighted by atomic mass is 16.5. The Balaban J connectivity index is 2.13. The number of nitrogens with one attached hydrogen (secondary N) is 1. The van der Waals surface area contributed by atoms with Crippen LogP contribution >= 0.6 is 0 Å². The molecule has 0 bridgehead atoms. The average molecular weight is 303 g/mol. The lowest BCUT2D eigenvalue weighted by atomic mass is 9.89. The molecule has 5 nitrogen and oxygen atoms in total. The zero-order chi connectivity index (χ0) is 16.3. The van der Waals surface area contributed by atoms with Crippen LogP contribution in [0.2, 0.25) is 0 Å². The first-order valence-electron chi connectivity index (χ1n) is 7.46. The van der Waals surface area contributed by atoms with E-state index in [0.717, 1.165) is 23.1 Å². The zero-order valence-corrected chi connectivity index (χ0v) is 13.2. The lowest BCUT2D eigenvalue weighted by Gasteiger charge is -2.21. The van der Waals surface area contributed by atoms with Crippen LogP contribution in [0.15, 0.2) is 12.1 Å². The lowest BCUT2D eigenvalue weighted by molar-refractivity contribution is -0.135. The van der Waals surface area contributed by atoms with Crippen molar-refractivity contribution < 1.29 is 19.1 Å². The smallest absolute Gasteiger partial charge is 0.308 e. The minimum absolute atomic E-state index is 0.0484. The van der Waals surface area contributed by atoms with Crippen molar-refractivity contribution >= 4 is 17.8 Å². The molecule has 0 radical (unpaired) electrons. The van der Waals surface area contributed by atoms with Crippen LogP contribution in [0.5, 0.6) is 5.75 Å². The maximum atomic E-state index is 11.4. The molecule has 1 aromatic carbocycles. The number of hydrogen-bond acceptors (Lipinski definition) is 4. The predicted octanol–water partition coefficient (Wildman–Crippen LogP) is 2.21. The third-order valence-corrected chi connectivity index (χ3v) is 3.79. The number of amides is 2. The van der Waals surface area contributed by atoms with Gasteiger partial charge in [0, 0.05) is 19.8 Å². The number of benzene rings is 1. The van der Waals surface area contributed by atoms with E-state index in [1.54, 1.807) is 0 Å². The van der Waals surface area contributed by atoms with Gasteiger partial charge in [-0.25, -0.2) is 0 Å². The molecule has 1 aliphatic rings. The van der Waals surface area contributed by atoms with Crippen molar-refractivity contribution in [2.45, 2.75) is 46.5 Å². The molecule has 0 saturated carbocycles. The van der Waals surface area contributed by atoms with E-state index in [9.17, 15) is 14.4 Å². The summed E-state index contributed by atoms with van der Waals surface area (Å²) >= 11 is 0. The van der Waals surface area contributed by atoms with Gasteiger partial charge in [-0.2, -0.15) is 0 Å². The number of ether oxygens (including phenoxy) is 1. The number of aryl methyl sites for hydroxylation is 3. The lowest BCUT2D eigenvalue weighted by Crippen LogP contribution is -2.38. The van der Waals surface area contributed by atoms with Crippen molar-refractivity contribution in [3.8, 4) is 5.75 Å². The molecule has 2 rings (SSSR count). The highest BCUT2D eigenvalue weighted by Gasteiger charge is 2.25. The van der Waals surface area contributed by atoms with Gasteiger partial charge in [-0.05, 0) is 43.7 Å². The molecule has 22 heavy (non-hydrogen) atoms. The molecular formula is C17H21NO4. The Bertz CT molecular complexity index is 605. The Labute approximate surface area is 130 Å². The van der Waals surface area contributed by atoms with Gasteiger partial charge < -0.3 is 4.74 Å². The van der Waals surface area contributed by atoms with Gasteiger partial charge in [-0.15, -0.1) is 0 Å². The third-order valence-electron chi connectivity index (χ3n) is 3.79. The van der Waals surface area contributed by atoms with Gasteiger partial charge in [0.25, 0.3) is 0 Å². The van der Waals surface area contributed by atoms with Crippen LogP contribution in [0.25, 0.3) is 0 Å². The normalized spacial score (nSPS) is 15.6. The molecule has 1 aromatic rings. The Hall–Kier alpha value is -2.17. The fraction of sp³-hybridized carbons (Fsp3) is 0.471. The van der Waals surface area contributed by atoms with E-state index < -0.39 is 0 Å². The predicted molar refractivity (Wildman–Crippen MR) is 81.4 cm³/mol. The molecule has 1 aliphatic heterocycles. The van der Waals surface area contributed by atoms with Crippen molar-refractivity contribution in [3.63, 3.8) is 0 Å². The summed E-state index contributed by atoms with van der Waals surface area (Å²) in [5.41, 5.74) is 2.97. The van der Waals surface area contributed by atoms with Gasteiger partial charge >= 0.3 is 5.97 Å². The molecule has 1 fully saturated rings. The van der Waals surface area contributed by atoms with Crippen LogP contribution in [0.3, 0.4) is 0 Å². The van der Waals surface area contributed by atoms with Crippen molar-refractivity contribution in [1.82, 2.24) is 5.32 Å². The van der Waals surface area contributed by atoms with Gasteiger partial charge in [-0.3, -0.25) is 19.7 Å². The van der Waals surface area contributed by atoms with E-state index >= 15 is 0 Å². The molecule has 1 heterocycles. The molecule has 0 spiro atoms. The first kappa shape index (κ1) is 16.2. The van der Waals surface area contributed by atoms with E-state index in [1.165, 1.54) is 6.92 Å². The Kier molecular flexibility index (Phi) is 4.96. The van der Waals surface area contributed by atoms with Crippen molar-refractivity contribution in [2.24, 2.45) is 5.92 Å². The van der Waals surface area contributed by atoms with E-state index in [-0.39, 0.29) is 23.7 Å². The van der Waals surface area contributed by atoms with Gasteiger partial charge in [0.15, 0.2) is 0 Å². The highest BCUT2D eigenvalue weighted by molar-refractivity contribution is 5.97. The minimum Gasteiger partial charge on any atom is -0.426 e. The van der Waals surface area contributed by atoms with E-state index in [0.29, 0.717) is 25.0 Å². The second-order valence-corrected chi connectivity index (χ2v) is 5.95. The number of rotatable bonds is 4. The quantitative estimate of drug-likeness (QED) is 0.526. The molecule has 118 valence electrons. The molecular weight excluding hydrogens is 282 g/mol. The van der Waals surface area contributed by atoms with Gasteiger partial charge in [-0.1, -0.05) is 17.7 Å². The summed E-state index contributed by atoms with van der Waals surface area (Å²) in [4.78, 5) is 34.1. The molecule has 1 saturated heterocycles. The summed E-state index contributed by atoms with van der Waals surface area (Å²) in [7, 11) is 0. The van der Waals surface area contributed by atoms with E-state index in [1.807, 2.05) is 26.0 Å². The van der Waals surface area contributed by atoms with Gasteiger partial charge in [0.05, 0.1) is 0 Å². The number of piperidine rings is 1. The summed E-state index contributed by atoms with van der Waals surface area (Å²) in [6.45, 7) is 5.28. The molecule has 0 aromatic heterocycles. The summed E-state index contributed by atoms with van der Waals surface area (Å²) in [6.07, 6.45) is 2.14. The first-order chi connectivity index (χ1) is 10.3. The summed E-state index contributed by atoms with van der Waals surface area (Å²) in [5, 5.41) is 2.32. The molecule has 0 atom stereocenters. The maximum Gasteiger partial charge on any atom is 0.308 e. The monoisotopic (exact) mass is 303 g/mol. The van der Waals surface area contributed by atoms with Crippen LogP contribution in [-0.4, -0.2) is 17.8 Å². The zero-order valence-electron chi connectivity index (χ0n) is 13.2. The fourth-order valence-electron chi connectivity index (χ4n) is 2.94. The summed E-state index contributed by atoms with van der Waals surface area (Å²) < 4.78 is 5.33. The standard InChI is InChI=1S/C17H21NO4/c1-10-6-11(2)17(22-12(3)19)14(7-10)5-4-13-8-15(20)18-16(21)9-13/h6-7,13H,4-5,8-9H2,1-3H3,(H,18,20,21). The van der Waals surface area contributed by atoms with Crippen molar-refractivity contribution in [2.75, 3.05) is 0 Å². The SMILES string of the molecule is CC(=O)Oc1c(C)cc(C)cc1CCC1CC(=O)NC(=O)C1. The average Bonchev–Trinajstić information content (AvgIpc) is 2.38. The van der Waals surface area contributed by atoms with Crippen LogP contribution < -0.4 is 10.1 Å². The Morgan fingerprint density at radius 2 is 1.86 bits per heavy atom. The molecule has 0 aliphatic carbocycles. The van der Waals surface area contributed by atoms with E-state index in [4.69, 9.17) is 4.74 Å². The second kappa shape index (κ2) is 6.73. The summed E-state index contributed by atoms with van der Waals surface area (Å²) in [6, 6.07) is 3.97. The molecule has 2 amide bonds. The van der Waals surface area contributed by atoms with Crippen LogP contribution in [0, 0.1) is 19.8 Å². The molecule has 5 heteroatoms. The second-order valence-electron chi connectivity index (χ2n) is 5.95. The third kappa shape index (κ3) is 4.16. The van der Waals surface area contributed by atoms with E-state index in [2.05, 4.69) is 5.32 Å². The van der Waals surface area contributed by atoms with Crippen molar-refractivity contribution in [3.05, 3.63) is 28.8 Å². The fourth-order valence-corrected chi connectivity index (χ4v) is 2.94. The number of carbonyl (C=O) groups excluding carboxylic acids is 3. The number of imide groups is 1. The van der Waals surface area contributed by atoms with Crippen LogP contribution in [-0.2, 0) is 20.8 Å². The first-order valence-corrected chi connectivity index (χ1v) is 7.46. The number of esters is 1. The number of hydrogen-bond donors (Lipinski definition) is 1. The maximum absolute atomic E-state index is 11.4. The van der Waals surface area contributed by atoms with Gasteiger partial charge in [0.2, 0.25) is 11.8 Å². The highest BCUT2D eigenvalue weighted by Crippen LogP contribution is 2.29. The Morgan fingerprint density at radius 1 is 1.23 bits per heavy atom. The molecule has 0 unspecified atom stereocenters. The van der Waals surface area contributed by atoms with Crippen LogP contribution in [0.1, 0.15) is 42.9 Å². The largest absolute Gasteiger partial charge is 0.426 e. The topological polar surface area (TPSA) is 72.5 Å². The Morgan fingerprint density at radius 3 is 2.45 bits per heavy atom. The van der Waals surface area contributed by atoms with Crippen molar-refractivity contribution in [1.29, 1.82) is 0 Å².